The second-order valence-electron chi connectivity index (χ2n) is 6.51. The van der Waals surface area contributed by atoms with E-state index in [-0.39, 0.29) is 17.6 Å². The number of likely N-dealkylation sites (tertiary alicyclic amines) is 1. The maximum Gasteiger partial charge on any atom is 0.270 e. The molecule has 1 fully saturated rings. The Hall–Kier alpha value is -3.48. The van der Waals surface area contributed by atoms with E-state index in [1.165, 1.54) is 18.2 Å². The molecule has 2 heterocycles. The number of imidazole rings is 1. The van der Waals surface area contributed by atoms with Crippen LogP contribution in [0.25, 0.3) is 17.1 Å². The van der Waals surface area contributed by atoms with Gasteiger partial charge in [-0.2, -0.15) is 0 Å². The van der Waals surface area contributed by atoms with E-state index in [0.717, 1.165) is 29.7 Å². The Balaban J connectivity index is 1.54. The highest BCUT2D eigenvalue weighted by Crippen LogP contribution is 2.31. The van der Waals surface area contributed by atoms with Gasteiger partial charge in [0.1, 0.15) is 5.82 Å². The second kappa shape index (κ2) is 7.03. The van der Waals surface area contributed by atoms with E-state index in [1.807, 2.05) is 24.3 Å². The molecule has 4 rings (SSSR count). The van der Waals surface area contributed by atoms with Crippen LogP contribution in [0.15, 0.2) is 54.6 Å². The van der Waals surface area contributed by atoms with Gasteiger partial charge in [0.2, 0.25) is 5.91 Å². The van der Waals surface area contributed by atoms with Crippen LogP contribution < -0.4 is 0 Å². The van der Waals surface area contributed by atoms with Crippen LogP contribution >= 0.6 is 0 Å². The summed E-state index contributed by atoms with van der Waals surface area (Å²) in [4.78, 5) is 32.9. The number of hydrogen-bond donors (Lipinski definition) is 1. The van der Waals surface area contributed by atoms with Crippen molar-refractivity contribution in [2.75, 3.05) is 6.54 Å². The number of aromatic amines is 1. The third-order valence-corrected chi connectivity index (χ3v) is 4.76. The number of non-ortho nitro benzene ring substituents is 1. The van der Waals surface area contributed by atoms with E-state index < -0.39 is 4.92 Å². The van der Waals surface area contributed by atoms with Crippen molar-refractivity contribution in [2.24, 2.45) is 0 Å². The quantitative estimate of drug-likeness (QED) is 0.433. The normalized spacial score (nSPS) is 17.0. The van der Waals surface area contributed by atoms with E-state index in [1.54, 1.807) is 23.1 Å². The number of rotatable bonds is 4. The average Bonchev–Trinajstić information content (AvgIpc) is 3.32. The van der Waals surface area contributed by atoms with Crippen molar-refractivity contribution >= 4 is 28.7 Å². The van der Waals surface area contributed by atoms with E-state index in [2.05, 4.69) is 9.97 Å². The van der Waals surface area contributed by atoms with E-state index >= 15 is 0 Å². The minimum absolute atomic E-state index is 0.00548. The Morgan fingerprint density at radius 3 is 2.93 bits per heavy atom. The van der Waals surface area contributed by atoms with Crippen LogP contribution in [0.5, 0.6) is 0 Å². The van der Waals surface area contributed by atoms with Gasteiger partial charge in [-0.05, 0) is 36.6 Å². The summed E-state index contributed by atoms with van der Waals surface area (Å²) in [6.45, 7) is 0.666. The molecule has 1 aliphatic heterocycles. The Labute approximate surface area is 155 Å². The zero-order valence-corrected chi connectivity index (χ0v) is 14.5. The molecule has 1 aliphatic rings. The molecular formula is C20H18N4O3. The van der Waals surface area contributed by atoms with Gasteiger partial charge >= 0.3 is 0 Å². The van der Waals surface area contributed by atoms with Gasteiger partial charge in [0.25, 0.3) is 5.69 Å². The lowest BCUT2D eigenvalue weighted by molar-refractivity contribution is -0.384. The molecule has 1 atom stereocenters. The first-order valence-electron chi connectivity index (χ1n) is 8.79. The molecule has 27 heavy (non-hydrogen) atoms. The maximum atomic E-state index is 12.7. The molecule has 0 bridgehead atoms. The molecule has 0 saturated carbocycles. The van der Waals surface area contributed by atoms with Gasteiger partial charge < -0.3 is 9.88 Å². The van der Waals surface area contributed by atoms with Crippen LogP contribution in [0, 0.1) is 10.1 Å². The third kappa shape index (κ3) is 3.44. The van der Waals surface area contributed by atoms with Crippen molar-refractivity contribution in [2.45, 2.75) is 18.9 Å². The van der Waals surface area contributed by atoms with Gasteiger partial charge in [0.05, 0.1) is 22.0 Å². The Morgan fingerprint density at radius 2 is 2.11 bits per heavy atom. The predicted molar refractivity (Wildman–Crippen MR) is 102 cm³/mol. The van der Waals surface area contributed by atoms with Gasteiger partial charge in [-0.25, -0.2) is 4.98 Å². The van der Waals surface area contributed by atoms with E-state index in [0.29, 0.717) is 12.1 Å². The summed E-state index contributed by atoms with van der Waals surface area (Å²) in [7, 11) is 0. The largest absolute Gasteiger partial charge is 0.340 e. The van der Waals surface area contributed by atoms with Crippen LogP contribution in [-0.4, -0.2) is 32.2 Å². The summed E-state index contributed by atoms with van der Waals surface area (Å²) < 4.78 is 0. The molecule has 1 aromatic heterocycles. The fraction of sp³-hybridized carbons (Fsp3) is 0.200. The van der Waals surface area contributed by atoms with Crippen molar-refractivity contribution < 1.29 is 9.72 Å². The van der Waals surface area contributed by atoms with Crippen molar-refractivity contribution in [1.29, 1.82) is 0 Å². The van der Waals surface area contributed by atoms with Crippen LogP contribution in [-0.2, 0) is 4.79 Å². The number of H-pyrrole nitrogens is 1. The summed E-state index contributed by atoms with van der Waals surface area (Å²) in [6, 6.07) is 13.9. The molecule has 7 heteroatoms. The molecule has 1 saturated heterocycles. The number of amides is 1. The lowest BCUT2D eigenvalue weighted by Gasteiger charge is -2.21. The number of nitro benzene ring substituents is 1. The number of aromatic nitrogens is 2. The van der Waals surface area contributed by atoms with E-state index in [9.17, 15) is 14.9 Å². The van der Waals surface area contributed by atoms with Crippen LogP contribution in [0.2, 0.25) is 0 Å². The number of fused-ring (bicyclic) bond motifs is 1. The number of hydrogen-bond acceptors (Lipinski definition) is 4. The Morgan fingerprint density at radius 1 is 1.26 bits per heavy atom. The second-order valence-corrected chi connectivity index (χ2v) is 6.51. The summed E-state index contributed by atoms with van der Waals surface area (Å²) >= 11 is 0. The first-order valence-corrected chi connectivity index (χ1v) is 8.79. The van der Waals surface area contributed by atoms with Gasteiger partial charge in [-0.3, -0.25) is 14.9 Å². The standard InChI is InChI=1S/C20H18N4O3/c25-19(11-10-14-5-3-6-15(13-14)24(26)27)23-12-4-9-18(23)20-21-16-7-1-2-8-17(16)22-20/h1-3,5-8,10-11,13,18H,4,9,12H2,(H,21,22)/b11-10-/t18-/m1/s1. The summed E-state index contributed by atoms with van der Waals surface area (Å²) in [5.41, 5.74) is 2.47. The topological polar surface area (TPSA) is 92.1 Å². The number of nitro groups is 1. The molecule has 1 amide bonds. The Kier molecular flexibility index (Phi) is 4.42. The van der Waals surface area contributed by atoms with Crippen LogP contribution in [0.4, 0.5) is 5.69 Å². The minimum Gasteiger partial charge on any atom is -0.340 e. The highest BCUT2D eigenvalue weighted by atomic mass is 16.6. The fourth-order valence-corrected chi connectivity index (χ4v) is 3.45. The average molecular weight is 362 g/mol. The summed E-state index contributed by atoms with van der Waals surface area (Å²) in [5.74, 6) is 0.676. The summed E-state index contributed by atoms with van der Waals surface area (Å²) in [5, 5.41) is 10.9. The molecule has 136 valence electrons. The molecule has 2 aromatic carbocycles. The predicted octanol–water partition coefficient (Wildman–Crippen LogP) is 3.85. The lowest BCUT2D eigenvalue weighted by atomic mass is 10.2. The first-order chi connectivity index (χ1) is 13.1. The third-order valence-electron chi connectivity index (χ3n) is 4.76. The molecule has 3 aromatic rings. The van der Waals surface area contributed by atoms with E-state index in [4.69, 9.17) is 0 Å². The van der Waals surface area contributed by atoms with Crippen molar-refractivity contribution in [3.8, 4) is 0 Å². The number of nitrogens with zero attached hydrogens (tertiary/aromatic N) is 3. The molecule has 7 nitrogen and oxygen atoms in total. The number of carbonyl (C=O) groups is 1. The van der Waals surface area contributed by atoms with Gasteiger partial charge in [-0.15, -0.1) is 0 Å². The zero-order chi connectivity index (χ0) is 18.8. The maximum absolute atomic E-state index is 12.7. The fourth-order valence-electron chi connectivity index (χ4n) is 3.45. The zero-order valence-electron chi connectivity index (χ0n) is 14.5. The van der Waals surface area contributed by atoms with Crippen molar-refractivity contribution in [3.05, 3.63) is 76.1 Å². The van der Waals surface area contributed by atoms with Crippen LogP contribution in [0.1, 0.15) is 30.3 Å². The van der Waals surface area contributed by atoms with Crippen LogP contribution in [0.3, 0.4) is 0 Å². The van der Waals surface area contributed by atoms with Gasteiger partial charge in [0.15, 0.2) is 0 Å². The molecule has 0 radical (unpaired) electrons. The molecule has 0 aliphatic carbocycles. The smallest absolute Gasteiger partial charge is 0.270 e. The molecule has 1 N–H and O–H groups in total. The summed E-state index contributed by atoms with van der Waals surface area (Å²) in [6.07, 6.45) is 4.86. The van der Waals surface area contributed by atoms with Crippen molar-refractivity contribution in [1.82, 2.24) is 14.9 Å². The SMILES string of the molecule is O=C(/C=C\c1cccc([N+](=O)[O-])c1)N1CCC[C@@H]1c1nc2ccccc2[nH]1. The number of para-hydroxylation sites is 2. The first kappa shape index (κ1) is 17.0. The highest BCUT2D eigenvalue weighted by Gasteiger charge is 2.31. The minimum atomic E-state index is -0.447. The van der Waals surface area contributed by atoms with Crippen molar-refractivity contribution in [3.63, 3.8) is 0 Å². The number of carbonyl (C=O) groups excluding carboxylic acids is 1. The molecular weight excluding hydrogens is 344 g/mol. The van der Waals surface area contributed by atoms with Gasteiger partial charge in [0, 0.05) is 24.8 Å². The Bertz CT molecular complexity index is 1010. The number of nitrogens with one attached hydrogen (secondary N) is 1. The lowest BCUT2D eigenvalue weighted by Crippen LogP contribution is -2.29. The van der Waals surface area contributed by atoms with Gasteiger partial charge in [-0.1, -0.05) is 24.3 Å². The monoisotopic (exact) mass is 362 g/mol. The highest BCUT2D eigenvalue weighted by molar-refractivity contribution is 5.92. The molecule has 0 spiro atoms. The number of benzene rings is 2. The molecule has 0 unspecified atom stereocenters.